The number of thioether (sulfide) groups is 1. The molecule has 2 aromatic carbocycles. The number of ketones is 1. The van der Waals surface area contributed by atoms with E-state index in [9.17, 15) is 9.59 Å². The van der Waals surface area contributed by atoms with Gasteiger partial charge >= 0.3 is 0 Å². The molecule has 158 valence electrons. The predicted molar refractivity (Wildman–Crippen MR) is 110 cm³/mol. The molecule has 31 heavy (non-hydrogen) atoms. The van der Waals surface area contributed by atoms with Crippen molar-refractivity contribution in [3.05, 3.63) is 53.9 Å². The molecule has 2 aliphatic heterocycles. The van der Waals surface area contributed by atoms with E-state index in [2.05, 4.69) is 15.5 Å². The molecule has 0 spiro atoms. The van der Waals surface area contributed by atoms with Crippen LogP contribution in [0, 0.1) is 0 Å². The highest BCUT2D eigenvalue weighted by atomic mass is 32.2. The number of anilines is 1. The van der Waals surface area contributed by atoms with E-state index in [0.717, 1.165) is 11.8 Å². The van der Waals surface area contributed by atoms with Gasteiger partial charge in [0.05, 0.1) is 10.9 Å². The van der Waals surface area contributed by atoms with Crippen LogP contribution in [0.5, 0.6) is 17.2 Å². The third-order valence-electron chi connectivity index (χ3n) is 4.75. The molecule has 3 heterocycles. The maximum atomic E-state index is 12.9. The third-order valence-corrected chi connectivity index (χ3v) is 5.68. The quantitative estimate of drug-likeness (QED) is 0.473. The second kappa shape index (κ2) is 7.95. The number of hydrogen-bond donors (Lipinski definition) is 1. The number of nitrogens with zero attached hydrogens (tertiary/aromatic N) is 2. The molecule has 1 aromatic heterocycles. The van der Waals surface area contributed by atoms with Crippen LogP contribution in [0.3, 0.4) is 0 Å². The minimum Gasteiger partial charge on any atom is -0.485 e. The summed E-state index contributed by atoms with van der Waals surface area (Å²) in [6.07, 6.45) is -0.521. The van der Waals surface area contributed by atoms with Crippen molar-refractivity contribution >= 4 is 29.1 Å². The first-order chi connectivity index (χ1) is 15.1. The summed E-state index contributed by atoms with van der Waals surface area (Å²) in [6, 6.07) is 12.3. The lowest BCUT2D eigenvalue weighted by Crippen LogP contribution is -2.25. The van der Waals surface area contributed by atoms with Crippen molar-refractivity contribution in [2.45, 2.75) is 23.5 Å². The minimum atomic E-state index is -0.521. The number of rotatable bonds is 5. The molecule has 0 radical (unpaired) electrons. The smallest absolute Gasteiger partial charge is 0.277 e. The van der Waals surface area contributed by atoms with Crippen LogP contribution < -0.4 is 19.5 Å². The SMILES string of the molecule is CC(Sc1nnc(C2COc3ccccc3O2)o1)C(=O)c1ccc2c(c1)NC(=O)CO2. The van der Waals surface area contributed by atoms with Crippen LogP contribution in [0.25, 0.3) is 0 Å². The van der Waals surface area contributed by atoms with Crippen LogP contribution in [-0.4, -0.2) is 40.4 Å². The number of amides is 1. The molecular formula is C21H17N3O6S. The van der Waals surface area contributed by atoms with Crippen molar-refractivity contribution in [3.8, 4) is 17.2 Å². The van der Waals surface area contributed by atoms with E-state index in [1.807, 2.05) is 18.2 Å². The number of ether oxygens (including phenoxy) is 3. The van der Waals surface area contributed by atoms with Gasteiger partial charge in [-0.1, -0.05) is 23.9 Å². The normalized spacial score (nSPS) is 17.8. The largest absolute Gasteiger partial charge is 0.485 e. The Balaban J connectivity index is 1.26. The molecule has 0 aliphatic carbocycles. The summed E-state index contributed by atoms with van der Waals surface area (Å²) in [4.78, 5) is 24.4. The van der Waals surface area contributed by atoms with Gasteiger partial charge in [0, 0.05) is 5.56 Å². The Hall–Kier alpha value is -3.53. The number of carbonyl (C=O) groups excluding carboxylic acids is 2. The van der Waals surface area contributed by atoms with Gasteiger partial charge in [0.15, 0.2) is 23.9 Å². The van der Waals surface area contributed by atoms with Crippen molar-refractivity contribution in [2.75, 3.05) is 18.5 Å². The van der Waals surface area contributed by atoms with E-state index in [4.69, 9.17) is 18.6 Å². The van der Waals surface area contributed by atoms with Crippen LogP contribution in [0.15, 0.2) is 52.1 Å². The Labute approximate surface area is 181 Å². The highest BCUT2D eigenvalue weighted by Gasteiger charge is 2.28. The van der Waals surface area contributed by atoms with Gasteiger partial charge in [-0.05, 0) is 37.3 Å². The maximum absolute atomic E-state index is 12.9. The molecular weight excluding hydrogens is 422 g/mol. The summed E-state index contributed by atoms with van der Waals surface area (Å²) >= 11 is 1.15. The number of para-hydroxylation sites is 2. The second-order valence-electron chi connectivity index (χ2n) is 6.94. The van der Waals surface area contributed by atoms with E-state index in [1.165, 1.54) is 0 Å². The van der Waals surface area contributed by atoms with Crippen LogP contribution in [-0.2, 0) is 4.79 Å². The van der Waals surface area contributed by atoms with Crippen molar-refractivity contribution in [1.82, 2.24) is 10.2 Å². The fourth-order valence-electron chi connectivity index (χ4n) is 3.22. The highest BCUT2D eigenvalue weighted by molar-refractivity contribution is 8.00. The Morgan fingerprint density at radius 2 is 1.97 bits per heavy atom. The lowest BCUT2D eigenvalue weighted by molar-refractivity contribution is -0.118. The predicted octanol–water partition coefficient (Wildman–Crippen LogP) is 3.28. The van der Waals surface area contributed by atoms with Gasteiger partial charge < -0.3 is 23.9 Å². The molecule has 0 bridgehead atoms. The molecule has 5 rings (SSSR count). The van der Waals surface area contributed by atoms with E-state index >= 15 is 0 Å². The molecule has 10 heteroatoms. The molecule has 2 atom stereocenters. The van der Waals surface area contributed by atoms with E-state index < -0.39 is 11.4 Å². The Morgan fingerprint density at radius 3 is 2.84 bits per heavy atom. The number of Topliss-reactive ketones (excluding diaryl/α,β-unsaturated/α-hetero) is 1. The number of nitrogens with one attached hydrogen (secondary N) is 1. The molecule has 2 aliphatic rings. The molecule has 1 amide bonds. The summed E-state index contributed by atoms with van der Waals surface area (Å²) in [5.74, 6) is 1.70. The first kappa shape index (κ1) is 19.4. The van der Waals surface area contributed by atoms with Crippen LogP contribution in [0.1, 0.15) is 29.3 Å². The van der Waals surface area contributed by atoms with Gasteiger partial charge in [0.1, 0.15) is 12.4 Å². The van der Waals surface area contributed by atoms with Gasteiger partial charge in [-0.3, -0.25) is 9.59 Å². The zero-order valence-corrected chi connectivity index (χ0v) is 17.2. The van der Waals surface area contributed by atoms with Gasteiger partial charge in [-0.15, -0.1) is 10.2 Å². The summed E-state index contributed by atoms with van der Waals surface area (Å²) in [5.41, 5.74) is 0.930. The second-order valence-corrected chi connectivity index (χ2v) is 8.23. The maximum Gasteiger partial charge on any atom is 0.277 e. The Morgan fingerprint density at radius 1 is 1.13 bits per heavy atom. The van der Waals surface area contributed by atoms with Gasteiger partial charge in [-0.25, -0.2) is 0 Å². The summed E-state index contributed by atoms with van der Waals surface area (Å²) in [6.45, 7) is 1.97. The average Bonchev–Trinajstić information content (AvgIpc) is 3.26. The first-order valence-corrected chi connectivity index (χ1v) is 10.4. The van der Waals surface area contributed by atoms with Gasteiger partial charge in [0.25, 0.3) is 17.0 Å². The topological polar surface area (TPSA) is 113 Å². The first-order valence-electron chi connectivity index (χ1n) is 9.56. The number of benzene rings is 2. The number of fused-ring (bicyclic) bond motifs is 2. The molecule has 9 nitrogen and oxygen atoms in total. The molecule has 2 unspecified atom stereocenters. The molecule has 0 saturated heterocycles. The summed E-state index contributed by atoms with van der Waals surface area (Å²) in [7, 11) is 0. The van der Waals surface area contributed by atoms with Crippen LogP contribution >= 0.6 is 11.8 Å². The fraction of sp³-hybridized carbons (Fsp3) is 0.238. The van der Waals surface area contributed by atoms with Crippen molar-refractivity contribution in [3.63, 3.8) is 0 Å². The Kier molecular flexibility index (Phi) is 4.99. The summed E-state index contributed by atoms with van der Waals surface area (Å²) < 4.78 is 22.6. The van der Waals surface area contributed by atoms with Crippen molar-refractivity contribution in [1.29, 1.82) is 0 Å². The van der Waals surface area contributed by atoms with Crippen LogP contribution in [0.2, 0.25) is 0 Å². The highest BCUT2D eigenvalue weighted by Crippen LogP contribution is 2.36. The lowest BCUT2D eigenvalue weighted by Gasteiger charge is -2.23. The zero-order valence-electron chi connectivity index (χ0n) is 16.4. The number of aromatic nitrogens is 2. The lowest BCUT2D eigenvalue weighted by atomic mass is 10.1. The zero-order chi connectivity index (χ0) is 21.4. The summed E-state index contributed by atoms with van der Waals surface area (Å²) in [5, 5.41) is 10.5. The number of hydrogen-bond acceptors (Lipinski definition) is 9. The average molecular weight is 439 g/mol. The van der Waals surface area contributed by atoms with Gasteiger partial charge in [0.2, 0.25) is 6.10 Å². The van der Waals surface area contributed by atoms with Gasteiger partial charge in [-0.2, -0.15) is 0 Å². The van der Waals surface area contributed by atoms with Crippen molar-refractivity contribution < 1.29 is 28.2 Å². The standard InChI is InChI=1S/C21H17N3O6S/c1-11(19(26)12-6-7-14-13(8-12)22-18(25)10-28-14)31-21-24-23-20(30-21)17-9-27-15-4-2-3-5-16(15)29-17/h2-8,11,17H,9-10H2,1H3,(H,22,25). The minimum absolute atomic E-state index is 0.0343. The molecule has 3 aromatic rings. The van der Waals surface area contributed by atoms with E-state index in [-0.39, 0.29) is 36.0 Å². The van der Waals surface area contributed by atoms with Crippen molar-refractivity contribution in [2.24, 2.45) is 0 Å². The molecule has 0 fully saturated rings. The van der Waals surface area contributed by atoms with E-state index in [0.29, 0.717) is 28.5 Å². The number of carbonyl (C=O) groups is 2. The Bertz CT molecular complexity index is 1160. The van der Waals surface area contributed by atoms with E-state index in [1.54, 1.807) is 31.2 Å². The molecule has 0 saturated carbocycles. The fourth-order valence-corrected chi connectivity index (χ4v) is 3.98. The monoisotopic (exact) mass is 439 g/mol. The molecule has 1 N–H and O–H groups in total. The van der Waals surface area contributed by atoms with Crippen LogP contribution in [0.4, 0.5) is 5.69 Å². The third kappa shape index (κ3) is 3.93.